The number of aromatic amines is 1. The maximum atomic E-state index is 14.5. The van der Waals surface area contributed by atoms with Crippen LogP contribution in [-0.2, 0) is 21.4 Å². The highest BCUT2D eigenvalue weighted by molar-refractivity contribution is 7.89. The van der Waals surface area contributed by atoms with E-state index in [1.165, 1.54) is 29.7 Å². The molecule has 2 fully saturated rings. The normalized spacial score (nSPS) is 17.7. The van der Waals surface area contributed by atoms with E-state index in [1.54, 1.807) is 24.3 Å². The second-order valence-corrected chi connectivity index (χ2v) is 12.9. The van der Waals surface area contributed by atoms with Gasteiger partial charge in [0, 0.05) is 17.8 Å². The quantitative estimate of drug-likeness (QED) is 0.151. The van der Waals surface area contributed by atoms with Crippen molar-refractivity contribution >= 4 is 21.6 Å². The van der Waals surface area contributed by atoms with Gasteiger partial charge in [-0.25, -0.2) is 30.4 Å². The number of carbonyl (C=O) groups excluding carboxylic acids is 1. The van der Waals surface area contributed by atoms with Crippen molar-refractivity contribution in [2.45, 2.75) is 61.9 Å². The Balaban J connectivity index is 1.31. The Morgan fingerprint density at radius 2 is 1.47 bits per heavy atom. The first kappa shape index (κ1) is 30.8. The van der Waals surface area contributed by atoms with Crippen LogP contribution < -0.4 is 4.90 Å². The van der Waals surface area contributed by atoms with Crippen LogP contribution >= 0.6 is 0 Å². The summed E-state index contributed by atoms with van der Waals surface area (Å²) < 4.78 is 97.5. The lowest BCUT2D eigenvalue weighted by Crippen LogP contribution is -2.59. The predicted octanol–water partition coefficient (Wildman–Crippen LogP) is 5.61. The molecule has 9 nitrogen and oxygen atoms in total. The van der Waals surface area contributed by atoms with Gasteiger partial charge in [-0.3, -0.25) is 4.79 Å². The van der Waals surface area contributed by atoms with E-state index in [-0.39, 0.29) is 19.5 Å². The minimum absolute atomic E-state index is 0.0122. The predicted molar refractivity (Wildman–Crippen MR) is 152 cm³/mol. The Morgan fingerprint density at radius 3 is 2.02 bits per heavy atom. The average molecular weight is 647 g/mol. The van der Waals surface area contributed by atoms with Crippen molar-refractivity contribution in [2.24, 2.45) is 0 Å². The second-order valence-electron chi connectivity index (χ2n) is 11.1. The van der Waals surface area contributed by atoms with Gasteiger partial charge in [0.1, 0.15) is 6.04 Å². The maximum Gasteiger partial charge on any atom is 0.249 e. The first-order valence-corrected chi connectivity index (χ1v) is 15.8. The van der Waals surface area contributed by atoms with Gasteiger partial charge in [0.05, 0.1) is 6.54 Å². The fraction of sp³-hybridized carbons (Fsp3) is 0.333. The monoisotopic (exact) mass is 646 g/mol. The number of H-pyrrole nitrogens is 1. The van der Waals surface area contributed by atoms with E-state index in [4.69, 9.17) is 0 Å². The van der Waals surface area contributed by atoms with Gasteiger partial charge >= 0.3 is 0 Å². The lowest BCUT2D eigenvalue weighted by Gasteiger charge is -2.41. The van der Waals surface area contributed by atoms with Gasteiger partial charge < -0.3 is 4.90 Å². The summed E-state index contributed by atoms with van der Waals surface area (Å²) in [5.74, 6) is -12.2. The Morgan fingerprint density at radius 1 is 0.844 bits per heavy atom. The number of amides is 1. The molecule has 15 heteroatoms. The number of nitrogens with one attached hydrogen (secondary N) is 1. The molecule has 1 aliphatic heterocycles. The summed E-state index contributed by atoms with van der Waals surface area (Å²) in [7, 11) is -5.30. The summed E-state index contributed by atoms with van der Waals surface area (Å²) in [6.07, 6.45) is 5.72. The molecular formula is C30H27F5N6O3S. The topological polar surface area (TPSA) is 112 Å². The molecule has 4 aromatic rings. The zero-order chi connectivity index (χ0) is 31.9. The molecule has 45 heavy (non-hydrogen) atoms. The highest BCUT2D eigenvalue weighted by atomic mass is 32.2. The van der Waals surface area contributed by atoms with Gasteiger partial charge in [-0.15, -0.1) is 10.2 Å². The van der Waals surface area contributed by atoms with Crippen LogP contribution in [0.2, 0.25) is 0 Å². The van der Waals surface area contributed by atoms with Crippen molar-refractivity contribution in [1.82, 2.24) is 24.9 Å². The molecule has 1 aliphatic carbocycles. The van der Waals surface area contributed by atoms with Crippen molar-refractivity contribution in [2.75, 3.05) is 11.4 Å². The molecule has 1 saturated carbocycles. The van der Waals surface area contributed by atoms with E-state index < -0.39 is 56.0 Å². The zero-order valence-corrected chi connectivity index (χ0v) is 24.5. The van der Waals surface area contributed by atoms with Gasteiger partial charge in [0.15, 0.2) is 28.2 Å². The van der Waals surface area contributed by atoms with E-state index >= 15 is 0 Å². The number of hydrogen-bond donors (Lipinski definition) is 1. The van der Waals surface area contributed by atoms with Gasteiger partial charge in [-0.1, -0.05) is 43.5 Å². The molecule has 0 bridgehead atoms. The minimum atomic E-state index is -5.30. The number of anilines is 1. The van der Waals surface area contributed by atoms with E-state index in [0.717, 1.165) is 18.4 Å². The number of halogens is 5. The fourth-order valence-corrected chi connectivity index (χ4v) is 7.63. The fourth-order valence-electron chi connectivity index (χ4n) is 5.89. The summed E-state index contributed by atoms with van der Waals surface area (Å²) in [6.45, 7) is -0.350. The van der Waals surface area contributed by atoms with Crippen molar-refractivity contribution in [1.29, 1.82) is 0 Å². The van der Waals surface area contributed by atoms with Crippen molar-refractivity contribution < 1.29 is 35.2 Å². The largest absolute Gasteiger partial charge is 0.307 e. The number of aromatic nitrogens is 4. The van der Waals surface area contributed by atoms with Gasteiger partial charge in [0.25, 0.3) is 0 Å². The minimum Gasteiger partial charge on any atom is -0.307 e. The molecule has 1 saturated heterocycles. The zero-order valence-electron chi connectivity index (χ0n) is 23.7. The molecular weight excluding hydrogens is 619 g/mol. The summed E-state index contributed by atoms with van der Waals surface area (Å²) >= 11 is 0. The third-order valence-electron chi connectivity index (χ3n) is 8.44. The average Bonchev–Trinajstić information content (AvgIpc) is 3.57. The number of nitrogens with zero attached hydrogens (tertiary/aromatic N) is 5. The smallest absolute Gasteiger partial charge is 0.249 e. The van der Waals surface area contributed by atoms with Crippen LogP contribution in [0.4, 0.5) is 27.6 Å². The number of tetrazole rings is 1. The molecule has 1 atom stereocenters. The van der Waals surface area contributed by atoms with E-state index in [0.29, 0.717) is 27.3 Å². The first-order chi connectivity index (χ1) is 21.6. The molecule has 6 rings (SSSR count). The number of hydrogen-bond acceptors (Lipinski definition) is 6. The Kier molecular flexibility index (Phi) is 8.39. The Hall–Kier alpha value is -4.24. The van der Waals surface area contributed by atoms with Crippen molar-refractivity contribution in [3.05, 3.63) is 88.7 Å². The van der Waals surface area contributed by atoms with Gasteiger partial charge in [-0.2, -0.15) is 9.52 Å². The summed E-state index contributed by atoms with van der Waals surface area (Å²) in [5, 5.41) is 13.7. The first-order valence-electron chi connectivity index (χ1n) is 14.3. The summed E-state index contributed by atoms with van der Waals surface area (Å²) in [4.78, 5) is 13.3. The standard InChI is InChI=1S/C30H27F5N6O3S/c31-23-24(32)26(34)28(27(35)25(23)33)45(43,44)41-15-14-22(41)30(42)40(21-12-10-20(11-13-21)29-36-38-39-37-29)16-17-6-8-19(9-7-17)18-4-2-1-3-5-18/h6-13,18,22H,1-5,14-16H2,(H,36,37,38,39). The van der Waals surface area contributed by atoms with Crippen molar-refractivity contribution in [3.8, 4) is 11.4 Å². The molecule has 236 valence electrons. The van der Waals surface area contributed by atoms with Gasteiger partial charge in [0.2, 0.25) is 27.6 Å². The molecule has 1 aromatic heterocycles. The van der Waals surface area contributed by atoms with Crippen molar-refractivity contribution in [3.63, 3.8) is 0 Å². The van der Waals surface area contributed by atoms with Crippen LogP contribution in [0.25, 0.3) is 11.4 Å². The number of carbonyl (C=O) groups is 1. The Bertz CT molecular complexity index is 1790. The van der Waals surface area contributed by atoms with Crippen LogP contribution in [0.3, 0.4) is 0 Å². The van der Waals surface area contributed by atoms with Crippen LogP contribution in [0.1, 0.15) is 55.6 Å². The summed E-state index contributed by atoms with van der Waals surface area (Å²) in [5.41, 5.74) is 2.87. The third-order valence-corrected chi connectivity index (χ3v) is 10.4. The molecule has 1 N–H and O–H groups in total. The van der Waals surface area contributed by atoms with Crippen LogP contribution in [0.15, 0.2) is 53.4 Å². The van der Waals surface area contributed by atoms with E-state index in [9.17, 15) is 35.2 Å². The van der Waals surface area contributed by atoms with Gasteiger partial charge in [-0.05, 0) is 65.8 Å². The molecule has 0 radical (unpaired) electrons. The molecule has 0 spiro atoms. The number of benzene rings is 3. The lowest BCUT2D eigenvalue weighted by molar-refractivity contribution is -0.125. The van der Waals surface area contributed by atoms with Crippen LogP contribution in [0, 0.1) is 29.1 Å². The number of sulfonamides is 1. The molecule has 1 unspecified atom stereocenters. The molecule has 3 aromatic carbocycles. The highest BCUT2D eigenvalue weighted by Crippen LogP contribution is 2.36. The summed E-state index contributed by atoms with van der Waals surface area (Å²) in [6, 6.07) is 12.8. The Labute approximate surface area is 255 Å². The van der Waals surface area contributed by atoms with Crippen LogP contribution in [-0.4, -0.2) is 51.8 Å². The maximum absolute atomic E-state index is 14.5. The van der Waals surface area contributed by atoms with E-state index in [2.05, 4.69) is 20.6 Å². The lowest BCUT2D eigenvalue weighted by atomic mass is 9.84. The SMILES string of the molecule is O=C(C1CCN1S(=O)(=O)c1c(F)c(F)c(F)c(F)c1F)N(Cc1ccc(C2CCCCC2)cc1)c1ccc(-c2nn[nH]n2)cc1. The number of rotatable bonds is 8. The van der Waals surface area contributed by atoms with Crippen LogP contribution in [0.5, 0.6) is 0 Å². The molecule has 2 aliphatic rings. The molecule has 1 amide bonds. The highest BCUT2D eigenvalue weighted by Gasteiger charge is 2.48. The third kappa shape index (κ3) is 5.70. The molecule has 2 heterocycles. The van der Waals surface area contributed by atoms with E-state index in [1.807, 2.05) is 24.3 Å². The second kappa shape index (κ2) is 12.3.